The van der Waals surface area contributed by atoms with Crippen molar-refractivity contribution < 1.29 is 23.0 Å². The fourth-order valence-corrected chi connectivity index (χ4v) is 2.56. The van der Waals surface area contributed by atoms with Gasteiger partial charge in [-0.2, -0.15) is 8.78 Å². The summed E-state index contributed by atoms with van der Waals surface area (Å²) in [7, 11) is 1.83. The summed E-state index contributed by atoms with van der Waals surface area (Å²) in [5, 5.41) is 13.4. The van der Waals surface area contributed by atoms with Gasteiger partial charge in [0.25, 0.3) is 0 Å². The third-order valence-electron chi connectivity index (χ3n) is 3.93. The van der Waals surface area contributed by atoms with Gasteiger partial charge in [-0.15, -0.1) is 24.0 Å². The number of hydrogen-bond acceptors (Lipinski definition) is 3. The fraction of sp³-hybridized carbons (Fsp3) is 0.350. The highest BCUT2D eigenvalue weighted by Crippen LogP contribution is 2.16. The van der Waals surface area contributed by atoms with E-state index >= 15 is 0 Å². The van der Waals surface area contributed by atoms with Crippen LogP contribution in [0.1, 0.15) is 24.2 Å². The second-order valence-corrected chi connectivity index (χ2v) is 6.14. The monoisotopic (exact) mass is 523 g/mol. The molecule has 2 N–H and O–H groups in total. The van der Waals surface area contributed by atoms with E-state index < -0.39 is 12.7 Å². The summed E-state index contributed by atoms with van der Waals surface area (Å²) < 4.78 is 41.8. The molecule has 9 heteroatoms. The third kappa shape index (κ3) is 8.48. The molecular formula is C20H25F3IN3O2. The number of rotatable bonds is 8. The molecule has 0 fully saturated rings. The molecule has 0 saturated heterocycles. The van der Waals surface area contributed by atoms with Gasteiger partial charge in [-0.25, -0.2) is 4.39 Å². The molecule has 160 valence electrons. The molecule has 0 aliphatic carbocycles. The van der Waals surface area contributed by atoms with Gasteiger partial charge in [0.15, 0.2) is 5.96 Å². The molecule has 0 heterocycles. The van der Waals surface area contributed by atoms with Crippen LogP contribution in [0.15, 0.2) is 53.5 Å². The molecule has 1 atom stereocenters. The third-order valence-corrected chi connectivity index (χ3v) is 3.93. The highest BCUT2D eigenvalue weighted by Gasteiger charge is 2.11. The molecule has 1 unspecified atom stereocenters. The minimum absolute atomic E-state index is 0. The summed E-state index contributed by atoms with van der Waals surface area (Å²) in [6.07, 6.45) is -0.853. The number of aliphatic imine (C=N–C) groups is 1. The zero-order valence-electron chi connectivity index (χ0n) is 16.2. The van der Waals surface area contributed by atoms with E-state index in [1.54, 1.807) is 12.1 Å². The molecule has 2 rings (SSSR count). The van der Waals surface area contributed by atoms with Crippen LogP contribution in [0, 0.1) is 5.82 Å². The standard InChI is InChI=1S/C20H24F3N3O2.HI/c1-3-24-20(25-12-18(27)15-6-8-16(21)9-7-15)26(2)13-14-4-10-17(11-5-14)28-19(22)23;/h4-11,18-19,27H,3,12-13H2,1-2H3,(H,24,25);1H. The van der Waals surface area contributed by atoms with Crippen LogP contribution in [0.3, 0.4) is 0 Å². The Kier molecular flexibility index (Phi) is 10.8. The SMILES string of the molecule is CCNC(=NCC(O)c1ccc(F)cc1)N(C)Cc1ccc(OC(F)F)cc1.I. The lowest BCUT2D eigenvalue weighted by molar-refractivity contribution is -0.0498. The topological polar surface area (TPSA) is 57.1 Å². The number of aliphatic hydroxyl groups excluding tert-OH is 1. The van der Waals surface area contributed by atoms with E-state index in [9.17, 15) is 18.3 Å². The summed E-state index contributed by atoms with van der Waals surface area (Å²) in [6, 6.07) is 12.0. The number of guanidine groups is 1. The molecule has 0 aliphatic rings. The predicted molar refractivity (Wildman–Crippen MR) is 117 cm³/mol. The van der Waals surface area contributed by atoms with Crippen LogP contribution in [0.4, 0.5) is 13.2 Å². The van der Waals surface area contributed by atoms with E-state index in [1.165, 1.54) is 36.4 Å². The molecular weight excluding hydrogens is 498 g/mol. The first-order valence-electron chi connectivity index (χ1n) is 8.85. The largest absolute Gasteiger partial charge is 0.435 e. The lowest BCUT2D eigenvalue weighted by Crippen LogP contribution is -2.38. The summed E-state index contributed by atoms with van der Waals surface area (Å²) in [6.45, 7) is 0.300. The molecule has 0 saturated carbocycles. The smallest absolute Gasteiger partial charge is 0.387 e. The number of alkyl halides is 2. The first kappa shape index (κ1) is 25.0. The second-order valence-electron chi connectivity index (χ2n) is 6.14. The van der Waals surface area contributed by atoms with Crippen molar-refractivity contribution in [3.63, 3.8) is 0 Å². The Balaban J connectivity index is 0.00000420. The highest BCUT2D eigenvalue weighted by atomic mass is 127. The Morgan fingerprint density at radius 1 is 1.14 bits per heavy atom. The Morgan fingerprint density at radius 2 is 1.76 bits per heavy atom. The van der Waals surface area contributed by atoms with Crippen molar-refractivity contribution in [2.24, 2.45) is 4.99 Å². The zero-order chi connectivity index (χ0) is 20.5. The van der Waals surface area contributed by atoms with Crippen LogP contribution in [-0.2, 0) is 6.54 Å². The zero-order valence-corrected chi connectivity index (χ0v) is 18.5. The highest BCUT2D eigenvalue weighted by molar-refractivity contribution is 14.0. The Hall–Kier alpha value is -2.01. The van der Waals surface area contributed by atoms with Crippen LogP contribution in [0.5, 0.6) is 5.75 Å². The second kappa shape index (κ2) is 12.5. The van der Waals surface area contributed by atoms with E-state index in [4.69, 9.17) is 0 Å². The van der Waals surface area contributed by atoms with Crippen LogP contribution in [0.2, 0.25) is 0 Å². The molecule has 0 aromatic heterocycles. The van der Waals surface area contributed by atoms with E-state index in [2.05, 4.69) is 15.0 Å². The van der Waals surface area contributed by atoms with Gasteiger partial charge in [-0.1, -0.05) is 24.3 Å². The van der Waals surface area contributed by atoms with E-state index in [1.807, 2.05) is 18.9 Å². The van der Waals surface area contributed by atoms with Gasteiger partial charge >= 0.3 is 6.61 Å². The Bertz CT molecular complexity index is 759. The van der Waals surface area contributed by atoms with E-state index in [0.29, 0.717) is 24.6 Å². The van der Waals surface area contributed by atoms with Crippen LogP contribution < -0.4 is 10.1 Å². The van der Waals surface area contributed by atoms with Gasteiger partial charge in [0.05, 0.1) is 12.6 Å². The number of hydrogen-bond donors (Lipinski definition) is 2. The maximum absolute atomic E-state index is 13.0. The van der Waals surface area contributed by atoms with Crippen LogP contribution >= 0.6 is 24.0 Å². The van der Waals surface area contributed by atoms with Crippen molar-refractivity contribution in [1.29, 1.82) is 0 Å². The average Bonchev–Trinajstić information content (AvgIpc) is 2.66. The average molecular weight is 523 g/mol. The molecule has 2 aromatic carbocycles. The van der Waals surface area contributed by atoms with Crippen LogP contribution in [-0.4, -0.2) is 42.7 Å². The van der Waals surface area contributed by atoms with Crippen molar-refractivity contribution in [2.75, 3.05) is 20.1 Å². The van der Waals surface area contributed by atoms with Crippen LogP contribution in [0.25, 0.3) is 0 Å². The molecule has 0 radical (unpaired) electrons. The number of ether oxygens (including phenoxy) is 1. The number of benzene rings is 2. The van der Waals surface area contributed by atoms with E-state index in [-0.39, 0.29) is 42.1 Å². The summed E-state index contributed by atoms with van der Waals surface area (Å²) in [5.74, 6) is 0.318. The minimum atomic E-state index is -2.85. The van der Waals surface area contributed by atoms with Gasteiger partial charge < -0.3 is 20.1 Å². The molecule has 0 bridgehead atoms. The lowest BCUT2D eigenvalue weighted by atomic mass is 10.1. The maximum Gasteiger partial charge on any atom is 0.387 e. The van der Waals surface area contributed by atoms with Crippen molar-refractivity contribution in [3.8, 4) is 5.75 Å². The van der Waals surface area contributed by atoms with Gasteiger partial charge in [0.1, 0.15) is 11.6 Å². The van der Waals surface area contributed by atoms with Crippen molar-refractivity contribution in [1.82, 2.24) is 10.2 Å². The first-order valence-corrected chi connectivity index (χ1v) is 8.85. The number of nitrogens with zero attached hydrogens (tertiary/aromatic N) is 2. The molecule has 0 amide bonds. The number of aliphatic hydroxyl groups is 1. The van der Waals surface area contributed by atoms with Gasteiger partial charge in [0.2, 0.25) is 0 Å². The normalized spacial score (nSPS) is 12.3. The summed E-state index contributed by atoms with van der Waals surface area (Å²) >= 11 is 0. The summed E-state index contributed by atoms with van der Waals surface area (Å²) in [4.78, 5) is 6.28. The maximum atomic E-state index is 13.0. The molecule has 29 heavy (non-hydrogen) atoms. The van der Waals surface area contributed by atoms with Crippen molar-refractivity contribution in [3.05, 3.63) is 65.5 Å². The molecule has 5 nitrogen and oxygen atoms in total. The Labute approximate surface area is 185 Å². The predicted octanol–water partition coefficient (Wildman–Crippen LogP) is 4.18. The lowest BCUT2D eigenvalue weighted by Gasteiger charge is -2.23. The minimum Gasteiger partial charge on any atom is -0.435 e. The van der Waals surface area contributed by atoms with Crippen molar-refractivity contribution in [2.45, 2.75) is 26.2 Å². The van der Waals surface area contributed by atoms with Crippen molar-refractivity contribution >= 4 is 29.9 Å². The van der Waals surface area contributed by atoms with Gasteiger partial charge in [0, 0.05) is 20.1 Å². The molecule has 2 aromatic rings. The first-order chi connectivity index (χ1) is 13.4. The molecule has 0 spiro atoms. The number of nitrogens with one attached hydrogen (secondary N) is 1. The quantitative estimate of drug-likeness (QED) is 0.310. The van der Waals surface area contributed by atoms with Gasteiger partial charge in [-0.3, -0.25) is 4.99 Å². The number of halogens is 4. The fourth-order valence-electron chi connectivity index (χ4n) is 2.56. The summed E-state index contributed by atoms with van der Waals surface area (Å²) in [5.41, 5.74) is 1.46. The van der Waals surface area contributed by atoms with E-state index in [0.717, 1.165) is 5.56 Å². The van der Waals surface area contributed by atoms with Gasteiger partial charge in [-0.05, 0) is 42.3 Å². The Morgan fingerprint density at radius 3 is 2.31 bits per heavy atom. The molecule has 0 aliphatic heterocycles.